The Morgan fingerprint density at radius 1 is 1.55 bits per heavy atom. The van der Waals surface area contributed by atoms with E-state index < -0.39 is 5.97 Å². The first-order chi connectivity index (χ1) is 9.43. The average Bonchev–Trinajstić information content (AvgIpc) is 2.39. The average molecular weight is 297 g/mol. The summed E-state index contributed by atoms with van der Waals surface area (Å²) in [6.07, 6.45) is 4.53. The normalized spacial score (nSPS) is 13.1. The van der Waals surface area contributed by atoms with Crippen LogP contribution in [0.4, 0.5) is 4.39 Å². The van der Waals surface area contributed by atoms with Gasteiger partial charge in [-0.2, -0.15) is 11.8 Å². The highest BCUT2D eigenvalue weighted by atomic mass is 32.2. The second-order valence-electron chi connectivity index (χ2n) is 4.73. The first-order valence-electron chi connectivity index (χ1n) is 6.32. The van der Waals surface area contributed by atoms with Gasteiger partial charge in [-0.1, -0.05) is 6.07 Å². The van der Waals surface area contributed by atoms with Gasteiger partial charge in [0.1, 0.15) is 5.82 Å². The molecule has 0 amide bonds. The molecular formula is C15H20FNO2S. The zero-order valence-electron chi connectivity index (χ0n) is 12.0. The van der Waals surface area contributed by atoms with Gasteiger partial charge in [-0.3, -0.25) is 4.90 Å². The molecule has 0 aromatic heterocycles. The molecule has 3 nitrogen and oxygen atoms in total. The number of rotatable bonds is 7. The number of nitrogens with zero attached hydrogens (tertiary/aromatic N) is 1. The summed E-state index contributed by atoms with van der Waals surface area (Å²) in [4.78, 5) is 12.8. The largest absolute Gasteiger partial charge is 0.478 e. The predicted octanol–water partition coefficient (Wildman–Crippen LogP) is 3.11. The van der Waals surface area contributed by atoms with Crippen LogP contribution < -0.4 is 0 Å². The van der Waals surface area contributed by atoms with Gasteiger partial charge in [0, 0.05) is 24.4 Å². The van der Waals surface area contributed by atoms with Gasteiger partial charge in [-0.05, 0) is 49.6 Å². The number of carboxylic acid groups (broad SMARTS) is 1. The maximum Gasteiger partial charge on any atom is 0.328 e. The summed E-state index contributed by atoms with van der Waals surface area (Å²) in [6, 6.07) is 4.87. The molecule has 0 heterocycles. The van der Waals surface area contributed by atoms with E-state index in [1.807, 2.05) is 7.05 Å². The van der Waals surface area contributed by atoms with Crippen LogP contribution in [0.15, 0.2) is 24.3 Å². The third kappa shape index (κ3) is 5.35. The topological polar surface area (TPSA) is 40.5 Å². The fourth-order valence-corrected chi connectivity index (χ4v) is 2.56. The Balaban J connectivity index is 2.91. The number of aliphatic carboxylic acids is 1. The lowest BCUT2D eigenvalue weighted by Gasteiger charge is -2.24. The van der Waals surface area contributed by atoms with Gasteiger partial charge in [0.05, 0.1) is 0 Å². The van der Waals surface area contributed by atoms with E-state index in [1.54, 1.807) is 17.8 Å². The van der Waals surface area contributed by atoms with Crippen molar-refractivity contribution in [3.05, 3.63) is 41.2 Å². The van der Waals surface area contributed by atoms with E-state index in [1.165, 1.54) is 18.2 Å². The molecule has 0 aliphatic rings. The van der Waals surface area contributed by atoms with Crippen molar-refractivity contribution in [3.63, 3.8) is 0 Å². The molecule has 110 valence electrons. The Hall–Kier alpha value is -1.33. The molecule has 0 saturated carbocycles. The molecule has 1 aromatic rings. The Morgan fingerprint density at radius 3 is 2.85 bits per heavy atom. The van der Waals surface area contributed by atoms with Crippen LogP contribution in [-0.2, 0) is 11.3 Å². The second-order valence-corrected chi connectivity index (χ2v) is 5.64. The Labute approximate surface area is 123 Å². The van der Waals surface area contributed by atoms with Gasteiger partial charge in [-0.15, -0.1) is 0 Å². The number of hydrogen-bond acceptors (Lipinski definition) is 3. The lowest BCUT2D eigenvalue weighted by molar-refractivity contribution is -0.131. The molecular weight excluding hydrogens is 277 g/mol. The highest BCUT2D eigenvalue weighted by Gasteiger charge is 2.11. The van der Waals surface area contributed by atoms with Crippen LogP contribution in [-0.4, -0.2) is 41.1 Å². The zero-order valence-corrected chi connectivity index (χ0v) is 12.8. The summed E-state index contributed by atoms with van der Waals surface area (Å²) in [5.74, 6) is -0.388. The van der Waals surface area contributed by atoms with Crippen molar-refractivity contribution in [1.82, 2.24) is 4.90 Å². The number of carbonyl (C=O) groups is 1. The van der Waals surface area contributed by atoms with E-state index in [9.17, 15) is 9.18 Å². The number of carboxylic acids is 1. The summed E-state index contributed by atoms with van der Waals surface area (Å²) in [5, 5.41) is 8.68. The molecule has 1 aromatic carbocycles. The van der Waals surface area contributed by atoms with Gasteiger partial charge in [0.2, 0.25) is 0 Å². The molecule has 0 bridgehead atoms. The molecule has 1 N–H and O–H groups in total. The van der Waals surface area contributed by atoms with Crippen molar-refractivity contribution in [2.45, 2.75) is 19.5 Å². The van der Waals surface area contributed by atoms with Crippen molar-refractivity contribution in [3.8, 4) is 0 Å². The van der Waals surface area contributed by atoms with E-state index in [0.717, 1.165) is 17.4 Å². The summed E-state index contributed by atoms with van der Waals surface area (Å²) in [6.45, 7) is 2.79. The van der Waals surface area contributed by atoms with E-state index in [-0.39, 0.29) is 5.82 Å². The van der Waals surface area contributed by atoms with E-state index in [2.05, 4.69) is 18.1 Å². The molecule has 5 heteroatoms. The lowest BCUT2D eigenvalue weighted by Crippen LogP contribution is -2.30. The molecule has 0 aliphatic carbocycles. The van der Waals surface area contributed by atoms with Gasteiger partial charge in [-0.25, -0.2) is 9.18 Å². The van der Waals surface area contributed by atoms with Gasteiger partial charge >= 0.3 is 5.97 Å². The first kappa shape index (κ1) is 16.7. The first-order valence-corrected chi connectivity index (χ1v) is 7.72. The molecule has 20 heavy (non-hydrogen) atoms. The third-order valence-electron chi connectivity index (χ3n) is 3.09. The number of halogens is 1. The van der Waals surface area contributed by atoms with Crippen LogP contribution >= 0.6 is 11.8 Å². The molecule has 1 rings (SSSR count). The molecule has 1 unspecified atom stereocenters. The van der Waals surface area contributed by atoms with Crippen LogP contribution in [0, 0.1) is 5.82 Å². The summed E-state index contributed by atoms with van der Waals surface area (Å²) >= 11 is 1.78. The van der Waals surface area contributed by atoms with Crippen LogP contribution in [0.1, 0.15) is 18.1 Å². The van der Waals surface area contributed by atoms with E-state index in [0.29, 0.717) is 18.2 Å². The van der Waals surface area contributed by atoms with Crippen LogP contribution in [0.2, 0.25) is 0 Å². The maximum absolute atomic E-state index is 13.3. The number of hydrogen-bond donors (Lipinski definition) is 1. The molecule has 0 saturated heterocycles. The van der Waals surface area contributed by atoms with Crippen molar-refractivity contribution >= 4 is 23.8 Å². The summed E-state index contributed by atoms with van der Waals surface area (Å²) in [5.41, 5.74) is 1.52. The van der Waals surface area contributed by atoms with Gasteiger partial charge < -0.3 is 5.11 Å². The monoisotopic (exact) mass is 297 g/mol. The minimum atomic E-state index is -1.04. The zero-order chi connectivity index (χ0) is 15.1. The minimum absolute atomic E-state index is 0.362. The lowest BCUT2D eigenvalue weighted by atomic mass is 10.1. The second kappa shape index (κ2) is 8.07. The third-order valence-corrected chi connectivity index (χ3v) is 3.91. The maximum atomic E-state index is 13.3. The van der Waals surface area contributed by atoms with Crippen molar-refractivity contribution in [1.29, 1.82) is 0 Å². The Morgan fingerprint density at radius 2 is 2.25 bits per heavy atom. The molecule has 0 spiro atoms. The molecule has 1 atom stereocenters. The highest BCUT2D eigenvalue weighted by Crippen LogP contribution is 2.17. The van der Waals surface area contributed by atoms with E-state index >= 15 is 0 Å². The Bertz CT molecular complexity index is 491. The van der Waals surface area contributed by atoms with Gasteiger partial charge in [0.25, 0.3) is 0 Å². The quantitative estimate of drug-likeness (QED) is 0.785. The Kier molecular flexibility index (Phi) is 6.75. The van der Waals surface area contributed by atoms with Crippen molar-refractivity contribution < 1.29 is 14.3 Å². The van der Waals surface area contributed by atoms with Crippen LogP contribution in [0.25, 0.3) is 6.08 Å². The van der Waals surface area contributed by atoms with Crippen molar-refractivity contribution in [2.75, 3.05) is 19.1 Å². The van der Waals surface area contributed by atoms with Gasteiger partial charge in [0.15, 0.2) is 0 Å². The van der Waals surface area contributed by atoms with E-state index in [4.69, 9.17) is 5.11 Å². The smallest absolute Gasteiger partial charge is 0.328 e. The fourth-order valence-electron chi connectivity index (χ4n) is 1.82. The van der Waals surface area contributed by atoms with Crippen LogP contribution in [0.3, 0.4) is 0 Å². The number of benzene rings is 1. The standard InChI is InChI=1S/C15H20FNO2S/c1-11(10-20-3)17(2)9-13-4-6-14(16)8-12(13)5-7-15(18)19/h4-8,11H,9-10H2,1-3H3,(H,18,19)/b7-5+. The number of thioether (sulfide) groups is 1. The molecule has 0 aliphatic heterocycles. The van der Waals surface area contributed by atoms with Crippen molar-refractivity contribution in [2.24, 2.45) is 0 Å². The summed E-state index contributed by atoms with van der Waals surface area (Å²) < 4.78 is 13.3. The SMILES string of the molecule is CSCC(C)N(C)Cc1ccc(F)cc1/C=C/C(=O)O. The fraction of sp³-hybridized carbons (Fsp3) is 0.400. The molecule has 0 radical (unpaired) electrons. The molecule has 0 fully saturated rings. The predicted molar refractivity (Wildman–Crippen MR) is 82.4 cm³/mol. The van der Waals surface area contributed by atoms with Crippen LogP contribution in [0.5, 0.6) is 0 Å². The minimum Gasteiger partial charge on any atom is -0.478 e. The summed E-state index contributed by atoms with van der Waals surface area (Å²) in [7, 11) is 2.01. The highest BCUT2D eigenvalue weighted by molar-refractivity contribution is 7.98.